The summed E-state index contributed by atoms with van der Waals surface area (Å²) in [7, 11) is 1.46. The van der Waals surface area contributed by atoms with Gasteiger partial charge in [-0.25, -0.2) is 9.78 Å². The summed E-state index contributed by atoms with van der Waals surface area (Å²) in [5.74, 6) is -1.20. The fourth-order valence-corrected chi connectivity index (χ4v) is 2.58. The highest BCUT2D eigenvalue weighted by Gasteiger charge is 2.34. The van der Waals surface area contributed by atoms with Crippen molar-refractivity contribution in [2.45, 2.75) is 26.1 Å². The minimum atomic E-state index is -4.59. The van der Waals surface area contributed by atoms with Crippen molar-refractivity contribution < 1.29 is 27.8 Å². The Morgan fingerprint density at radius 1 is 1.45 bits per heavy atom. The Hall–Kier alpha value is -2.09. The van der Waals surface area contributed by atoms with Gasteiger partial charge in [0.25, 0.3) is 0 Å². The van der Waals surface area contributed by atoms with Gasteiger partial charge in [-0.3, -0.25) is 0 Å². The van der Waals surface area contributed by atoms with Gasteiger partial charge >= 0.3 is 12.1 Å². The molecule has 8 heteroatoms. The summed E-state index contributed by atoms with van der Waals surface area (Å²) in [5, 5.41) is 9.50. The summed E-state index contributed by atoms with van der Waals surface area (Å²) in [6, 6.07) is 1.59. The zero-order valence-electron chi connectivity index (χ0n) is 12.2. The fraction of sp³-hybridized carbons (Fsp3) is 0.429. The van der Waals surface area contributed by atoms with E-state index in [0.717, 1.165) is 12.1 Å². The summed E-state index contributed by atoms with van der Waals surface area (Å²) in [4.78, 5) is 15.0. The molecule has 1 unspecified atom stereocenters. The standard InChI is InChI=1S/C14H15F3N2O3/c1-7(6-22-3)19-8(2)11(13(20)21)9-4-5-10(14(15,16)17)18-12(9)19/h4-5,7H,6H2,1-3H3,(H,20,21). The maximum atomic E-state index is 12.8. The van der Waals surface area contributed by atoms with Crippen molar-refractivity contribution in [3.63, 3.8) is 0 Å². The summed E-state index contributed by atoms with van der Waals surface area (Å²) >= 11 is 0. The number of pyridine rings is 1. The number of aromatic nitrogens is 2. The van der Waals surface area contributed by atoms with Gasteiger partial charge in [0.1, 0.15) is 11.3 Å². The van der Waals surface area contributed by atoms with Gasteiger partial charge in [0.15, 0.2) is 0 Å². The van der Waals surface area contributed by atoms with Crippen LogP contribution in [0.2, 0.25) is 0 Å². The number of hydrogen-bond acceptors (Lipinski definition) is 3. The fourth-order valence-electron chi connectivity index (χ4n) is 2.58. The van der Waals surface area contributed by atoms with Gasteiger partial charge in [-0.1, -0.05) is 0 Å². The summed E-state index contributed by atoms with van der Waals surface area (Å²) < 4.78 is 45.0. The van der Waals surface area contributed by atoms with Gasteiger partial charge in [-0.2, -0.15) is 13.2 Å². The van der Waals surface area contributed by atoms with E-state index in [1.165, 1.54) is 11.7 Å². The van der Waals surface area contributed by atoms with E-state index >= 15 is 0 Å². The lowest BCUT2D eigenvalue weighted by Gasteiger charge is -2.16. The summed E-state index contributed by atoms with van der Waals surface area (Å²) in [6.45, 7) is 3.50. The highest BCUT2D eigenvalue weighted by Crippen LogP contribution is 2.33. The minimum Gasteiger partial charge on any atom is -0.478 e. The number of carbonyl (C=O) groups is 1. The lowest BCUT2D eigenvalue weighted by molar-refractivity contribution is -0.141. The number of carboxylic acid groups (broad SMARTS) is 1. The Morgan fingerprint density at radius 3 is 2.59 bits per heavy atom. The number of ether oxygens (including phenoxy) is 1. The first-order chi connectivity index (χ1) is 10.2. The third kappa shape index (κ3) is 2.66. The molecule has 1 N–H and O–H groups in total. The molecule has 0 saturated heterocycles. The molecule has 0 spiro atoms. The van der Waals surface area contributed by atoms with Crippen LogP contribution in [0.1, 0.15) is 34.7 Å². The van der Waals surface area contributed by atoms with Crippen LogP contribution in [0, 0.1) is 6.92 Å². The Morgan fingerprint density at radius 2 is 2.09 bits per heavy atom. The predicted octanol–water partition coefficient (Wildman–Crippen LogP) is 3.27. The SMILES string of the molecule is COCC(C)n1c(C)c(C(=O)O)c2ccc(C(F)(F)F)nc21. The quantitative estimate of drug-likeness (QED) is 0.940. The molecule has 2 rings (SSSR count). The van der Waals surface area contributed by atoms with Gasteiger partial charge in [0.2, 0.25) is 0 Å². The van der Waals surface area contributed by atoms with Crippen molar-refractivity contribution in [3.8, 4) is 0 Å². The van der Waals surface area contributed by atoms with Crippen LogP contribution >= 0.6 is 0 Å². The number of carboxylic acids is 1. The average Bonchev–Trinajstić information content (AvgIpc) is 2.68. The van der Waals surface area contributed by atoms with Crippen molar-refractivity contribution in [1.82, 2.24) is 9.55 Å². The summed E-state index contributed by atoms with van der Waals surface area (Å²) in [5.41, 5.74) is -0.757. The molecule has 0 fully saturated rings. The van der Waals surface area contributed by atoms with Crippen LogP contribution in [0.4, 0.5) is 13.2 Å². The van der Waals surface area contributed by atoms with E-state index in [2.05, 4.69) is 4.98 Å². The molecule has 0 bridgehead atoms. The lowest BCUT2D eigenvalue weighted by Crippen LogP contribution is -2.15. The first-order valence-corrected chi connectivity index (χ1v) is 6.49. The van der Waals surface area contributed by atoms with Gasteiger partial charge < -0.3 is 14.4 Å². The van der Waals surface area contributed by atoms with Crippen LogP contribution in [0.5, 0.6) is 0 Å². The molecule has 120 valence electrons. The van der Waals surface area contributed by atoms with E-state index in [9.17, 15) is 23.1 Å². The van der Waals surface area contributed by atoms with E-state index in [1.807, 2.05) is 0 Å². The Balaban J connectivity index is 2.80. The molecule has 0 amide bonds. The third-order valence-corrected chi connectivity index (χ3v) is 3.45. The first-order valence-electron chi connectivity index (χ1n) is 6.49. The number of methoxy groups -OCH3 is 1. The molecular weight excluding hydrogens is 301 g/mol. The van der Waals surface area contributed by atoms with Crippen LogP contribution in [0.15, 0.2) is 12.1 Å². The second kappa shape index (κ2) is 5.60. The second-order valence-electron chi connectivity index (χ2n) is 5.01. The van der Waals surface area contributed by atoms with E-state index in [-0.39, 0.29) is 29.2 Å². The van der Waals surface area contributed by atoms with Crippen molar-refractivity contribution in [3.05, 3.63) is 29.1 Å². The zero-order valence-corrected chi connectivity index (χ0v) is 12.2. The molecule has 0 aromatic carbocycles. The van der Waals surface area contributed by atoms with Gasteiger partial charge in [-0.05, 0) is 26.0 Å². The minimum absolute atomic E-state index is 0.00530. The highest BCUT2D eigenvalue weighted by molar-refractivity contribution is 6.04. The van der Waals surface area contributed by atoms with E-state index in [1.54, 1.807) is 13.8 Å². The largest absolute Gasteiger partial charge is 0.478 e. The molecular formula is C14H15F3N2O3. The van der Waals surface area contributed by atoms with Crippen LogP contribution in [-0.4, -0.2) is 34.3 Å². The van der Waals surface area contributed by atoms with Gasteiger partial charge in [-0.15, -0.1) is 0 Å². The topological polar surface area (TPSA) is 64.3 Å². The Labute approximate surface area is 124 Å². The molecule has 2 heterocycles. The predicted molar refractivity (Wildman–Crippen MR) is 73.0 cm³/mol. The molecule has 0 saturated carbocycles. The number of halogens is 3. The van der Waals surface area contributed by atoms with E-state index in [4.69, 9.17) is 4.74 Å². The van der Waals surface area contributed by atoms with Crippen LogP contribution < -0.4 is 0 Å². The number of aromatic carboxylic acids is 1. The third-order valence-electron chi connectivity index (χ3n) is 3.45. The Kier molecular flexibility index (Phi) is 4.15. The number of nitrogens with zero attached hydrogens (tertiary/aromatic N) is 2. The van der Waals surface area contributed by atoms with Crippen molar-refractivity contribution in [2.24, 2.45) is 0 Å². The highest BCUT2D eigenvalue weighted by atomic mass is 19.4. The molecule has 5 nitrogen and oxygen atoms in total. The molecule has 0 radical (unpaired) electrons. The smallest absolute Gasteiger partial charge is 0.433 e. The number of fused-ring (bicyclic) bond motifs is 1. The van der Waals surface area contributed by atoms with Gasteiger partial charge in [0.05, 0.1) is 18.2 Å². The van der Waals surface area contributed by atoms with E-state index in [0.29, 0.717) is 5.69 Å². The first kappa shape index (κ1) is 16.3. The number of alkyl halides is 3. The molecule has 0 aliphatic rings. The number of hydrogen-bond donors (Lipinski definition) is 1. The molecule has 22 heavy (non-hydrogen) atoms. The van der Waals surface area contributed by atoms with E-state index < -0.39 is 17.8 Å². The number of rotatable bonds is 4. The monoisotopic (exact) mass is 316 g/mol. The molecule has 0 aliphatic carbocycles. The van der Waals surface area contributed by atoms with Crippen LogP contribution in [-0.2, 0) is 10.9 Å². The van der Waals surface area contributed by atoms with Crippen LogP contribution in [0.3, 0.4) is 0 Å². The molecule has 0 aliphatic heterocycles. The second-order valence-corrected chi connectivity index (χ2v) is 5.01. The lowest BCUT2D eigenvalue weighted by atomic mass is 10.1. The summed E-state index contributed by atoms with van der Waals surface area (Å²) in [6.07, 6.45) is -4.59. The van der Waals surface area contributed by atoms with Crippen LogP contribution in [0.25, 0.3) is 11.0 Å². The normalized spacial score (nSPS) is 13.5. The van der Waals surface area contributed by atoms with Gasteiger partial charge in [0, 0.05) is 18.2 Å². The molecule has 2 aromatic rings. The molecule has 1 atom stereocenters. The van der Waals surface area contributed by atoms with Crippen molar-refractivity contribution >= 4 is 17.0 Å². The van der Waals surface area contributed by atoms with Crippen molar-refractivity contribution in [2.75, 3.05) is 13.7 Å². The maximum absolute atomic E-state index is 12.8. The zero-order chi connectivity index (χ0) is 16.7. The Bertz CT molecular complexity index is 722. The molecule has 2 aromatic heterocycles. The van der Waals surface area contributed by atoms with Crippen molar-refractivity contribution in [1.29, 1.82) is 0 Å². The average molecular weight is 316 g/mol. The maximum Gasteiger partial charge on any atom is 0.433 e.